The summed E-state index contributed by atoms with van der Waals surface area (Å²) in [5.41, 5.74) is -0.521. The maximum Gasteiger partial charge on any atom is 0.123 e. The fourth-order valence-corrected chi connectivity index (χ4v) is 2.61. The number of likely N-dealkylation sites (tertiary alicyclic amines) is 1. The zero-order chi connectivity index (χ0) is 11.8. The Balaban J connectivity index is 2.37. The third-order valence-electron chi connectivity index (χ3n) is 3.09. The summed E-state index contributed by atoms with van der Waals surface area (Å²) in [6.45, 7) is 1.45. The molecule has 1 aliphatic rings. The Morgan fingerprint density at radius 2 is 2.25 bits per heavy atom. The molecule has 0 aliphatic carbocycles. The molecule has 1 atom stereocenters. The number of likely N-dealkylation sites (N-methyl/N-ethyl adjacent to an activating group) is 1. The second-order valence-electron chi connectivity index (χ2n) is 4.50. The van der Waals surface area contributed by atoms with Crippen molar-refractivity contribution in [1.29, 1.82) is 0 Å². The third kappa shape index (κ3) is 2.21. The van der Waals surface area contributed by atoms with E-state index in [0.717, 1.165) is 13.0 Å². The van der Waals surface area contributed by atoms with E-state index in [-0.39, 0.29) is 5.82 Å². The Labute approximate surface area is 99.6 Å². The molecule has 0 saturated carbocycles. The Bertz CT molecular complexity index is 399. The lowest BCUT2D eigenvalue weighted by Crippen LogP contribution is -2.44. The van der Waals surface area contributed by atoms with Gasteiger partial charge in [0.1, 0.15) is 11.4 Å². The number of β-amino-alcohol motifs (C(OH)–C–C–N with tert-alkyl or cyclic N) is 1. The minimum absolute atomic E-state index is 0.360. The summed E-state index contributed by atoms with van der Waals surface area (Å²) in [7, 11) is 1.94. The first-order valence-electron chi connectivity index (χ1n) is 5.38. The van der Waals surface area contributed by atoms with Crippen LogP contribution in [0.2, 0.25) is 5.02 Å². The molecular formula is C12H15ClFNO. The normalized spacial score (nSPS) is 27.0. The third-order valence-corrected chi connectivity index (χ3v) is 3.42. The summed E-state index contributed by atoms with van der Waals surface area (Å²) in [4.78, 5) is 2.03. The van der Waals surface area contributed by atoms with E-state index < -0.39 is 5.60 Å². The lowest BCUT2D eigenvalue weighted by Gasteiger charge is -2.38. The molecule has 0 aromatic heterocycles. The van der Waals surface area contributed by atoms with Crippen molar-refractivity contribution in [2.45, 2.75) is 18.4 Å². The van der Waals surface area contributed by atoms with E-state index in [1.54, 1.807) is 0 Å². The van der Waals surface area contributed by atoms with Gasteiger partial charge in [0.05, 0.1) is 0 Å². The standard InChI is InChI=1S/C12H15ClFNO/c1-15-6-2-5-12(16,8-15)10-7-9(14)3-4-11(10)13/h3-4,7,16H,2,5-6,8H2,1H3. The predicted molar refractivity (Wildman–Crippen MR) is 62.0 cm³/mol. The maximum absolute atomic E-state index is 13.2. The van der Waals surface area contributed by atoms with Crippen LogP contribution in [0.15, 0.2) is 18.2 Å². The number of aliphatic hydroxyl groups is 1. The van der Waals surface area contributed by atoms with Crippen molar-refractivity contribution in [1.82, 2.24) is 4.90 Å². The van der Waals surface area contributed by atoms with E-state index in [1.807, 2.05) is 11.9 Å². The molecule has 1 aromatic carbocycles. The minimum atomic E-state index is -1.02. The molecule has 0 radical (unpaired) electrons. The van der Waals surface area contributed by atoms with E-state index >= 15 is 0 Å². The molecule has 0 bridgehead atoms. The smallest absolute Gasteiger partial charge is 0.123 e. The molecule has 2 nitrogen and oxygen atoms in total. The highest BCUT2D eigenvalue weighted by Crippen LogP contribution is 2.35. The molecule has 1 unspecified atom stereocenters. The van der Waals surface area contributed by atoms with Crippen molar-refractivity contribution in [3.8, 4) is 0 Å². The zero-order valence-electron chi connectivity index (χ0n) is 9.21. The number of piperidine rings is 1. The van der Waals surface area contributed by atoms with E-state index in [2.05, 4.69) is 0 Å². The minimum Gasteiger partial charge on any atom is -0.384 e. The highest BCUT2D eigenvalue weighted by molar-refractivity contribution is 6.31. The van der Waals surface area contributed by atoms with Crippen LogP contribution in [0.1, 0.15) is 18.4 Å². The van der Waals surface area contributed by atoms with Gasteiger partial charge in [-0.25, -0.2) is 4.39 Å². The van der Waals surface area contributed by atoms with Crippen molar-refractivity contribution in [2.24, 2.45) is 0 Å². The summed E-state index contributed by atoms with van der Waals surface area (Å²) >= 11 is 6.02. The van der Waals surface area contributed by atoms with Crippen LogP contribution >= 0.6 is 11.6 Å². The predicted octanol–water partition coefficient (Wildman–Crippen LogP) is 2.39. The molecule has 1 aliphatic heterocycles. The van der Waals surface area contributed by atoms with Gasteiger partial charge < -0.3 is 10.0 Å². The van der Waals surface area contributed by atoms with Crippen LogP contribution < -0.4 is 0 Å². The Kier molecular flexibility index (Phi) is 3.19. The van der Waals surface area contributed by atoms with Crippen molar-refractivity contribution in [3.05, 3.63) is 34.6 Å². The highest BCUT2D eigenvalue weighted by atomic mass is 35.5. The Morgan fingerprint density at radius 1 is 1.50 bits per heavy atom. The lowest BCUT2D eigenvalue weighted by atomic mass is 9.86. The number of benzene rings is 1. The first-order valence-corrected chi connectivity index (χ1v) is 5.75. The van der Waals surface area contributed by atoms with Crippen LogP contribution in [0.25, 0.3) is 0 Å². The highest BCUT2D eigenvalue weighted by Gasteiger charge is 2.35. The average molecular weight is 244 g/mol. The van der Waals surface area contributed by atoms with Gasteiger partial charge in [-0.3, -0.25) is 0 Å². The van der Waals surface area contributed by atoms with Gasteiger partial charge in [-0.1, -0.05) is 11.6 Å². The molecule has 16 heavy (non-hydrogen) atoms. The number of hydrogen-bond donors (Lipinski definition) is 1. The summed E-state index contributed by atoms with van der Waals surface area (Å²) in [5, 5.41) is 11.0. The summed E-state index contributed by atoms with van der Waals surface area (Å²) in [6, 6.07) is 4.14. The molecule has 88 valence electrons. The van der Waals surface area contributed by atoms with Gasteiger partial charge in [0.25, 0.3) is 0 Å². The van der Waals surface area contributed by atoms with Crippen LogP contribution in [0.4, 0.5) is 4.39 Å². The number of nitrogens with zero attached hydrogens (tertiary/aromatic N) is 1. The van der Waals surface area contributed by atoms with Crippen LogP contribution in [0.3, 0.4) is 0 Å². The van der Waals surface area contributed by atoms with Gasteiger partial charge in [0, 0.05) is 17.1 Å². The number of hydrogen-bond acceptors (Lipinski definition) is 2. The zero-order valence-corrected chi connectivity index (χ0v) is 9.97. The summed E-state index contributed by atoms with van der Waals surface area (Å²) in [6.07, 6.45) is 1.51. The fraction of sp³-hybridized carbons (Fsp3) is 0.500. The maximum atomic E-state index is 13.2. The molecule has 1 N–H and O–H groups in total. The molecule has 1 heterocycles. The van der Waals surface area contributed by atoms with Gasteiger partial charge in [0.15, 0.2) is 0 Å². The first kappa shape index (κ1) is 11.8. The quantitative estimate of drug-likeness (QED) is 0.819. The van der Waals surface area contributed by atoms with E-state index in [0.29, 0.717) is 23.6 Å². The van der Waals surface area contributed by atoms with Crippen molar-refractivity contribution in [3.63, 3.8) is 0 Å². The topological polar surface area (TPSA) is 23.5 Å². The number of rotatable bonds is 1. The van der Waals surface area contributed by atoms with Crippen molar-refractivity contribution >= 4 is 11.6 Å². The van der Waals surface area contributed by atoms with Gasteiger partial charge in [-0.05, 0) is 44.6 Å². The molecule has 4 heteroatoms. The molecule has 1 aromatic rings. The summed E-state index contributed by atoms with van der Waals surface area (Å²) in [5.74, 6) is -0.360. The van der Waals surface area contributed by atoms with E-state index in [1.165, 1.54) is 18.2 Å². The van der Waals surface area contributed by atoms with Crippen LogP contribution in [0.5, 0.6) is 0 Å². The molecule has 1 saturated heterocycles. The van der Waals surface area contributed by atoms with E-state index in [4.69, 9.17) is 11.6 Å². The van der Waals surface area contributed by atoms with Crippen molar-refractivity contribution < 1.29 is 9.50 Å². The molecule has 0 amide bonds. The number of halogens is 2. The lowest BCUT2D eigenvalue weighted by molar-refractivity contribution is -0.0279. The van der Waals surface area contributed by atoms with Gasteiger partial charge >= 0.3 is 0 Å². The average Bonchev–Trinajstić information content (AvgIpc) is 2.21. The Hall–Kier alpha value is -0.640. The molecular weight excluding hydrogens is 229 g/mol. The van der Waals surface area contributed by atoms with Gasteiger partial charge in [-0.15, -0.1) is 0 Å². The largest absolute Gasteiger partial charge is 0.384 e. The molecule has 2 rings (SSSR count). The fourth-order valence-electron chi connectivity index (χ4n) is 2.32. The van der Waals surface area contributed by atoms with Crippen LogP contribution in [0, 0.1) is 5.82 Å². The Morgan fingerprint density at radius 3 is 2.94 bits per heavy atom. The van der Waals surface area contributed by atoms with Crippen molar-refractivity contribution in [2.75, 3.05) is 20.1 Å². The van der Waals surface area contributed by atoms with E-state index in [9.17, 15) is 9.50 Å². The SMILES string of the molecule is CN1CCCC(O)(c2cc(F)ccc2Cl)C1. The molecule has 0 spiro atoms. The monoisotopic (exact) mass is 243 g/mol. The first-order chi connectivity index (χ1) is 7.51. The second kappa shape index (κ2) is 4.32. The van der Waals surface area contributed by atoms with Crippen LogP contribution in [-0.4, -0.2) is 30.1 Å². The molecule has 1 fully saturated rings. The summed E-state index contributed by atoms with van der Waals surface area (Å²) < 4.78 is 13.2. The van der Waals surface area contributed by atoms with Crippen LogP contribution in [-0.2, 0) is 5.60 Å². The van der Waals surface area contributed by atoms with Gasteiger partial charge in [-0.2, -0.15) is 0 Å². The second-order valence-corrected chi connectivity index (χ2v) is 4.90. The van der Waals surface area contributed by atoms with Gasteiger partial charge in [0.2, 0.25) is 0 Å².